The summed E-state index contributed by atoms with van der Waals surface area (Å²) in [5.74, 6) is 0.476. The first-order chi connectivity index (χ1) is 10.1. The van der Waals surface area contributed by atoms with E-state index in [4.69, 9.17) is 4.74 Å². The van der Waals surface area contributed by atoms with Gasteiger partial charge in [-0.05, 0) is 23.8 Å². The monoisotopic (exact) mass is 372 g/mol. The molecule has 0 radical (unpaired) electrons. The summed E-state index contributed by atoms with van der Waals surface area (Å²) in [6.07, 6.45) is 2.12. The van der Waals surface area contributed by atoms with Crippen LogP contribution in [0.5, 0.6) is 0 Å². The molecular weight excluding hydrogens is 356 g/mol. The molecule has 4 nitrogen and oxygen atoms in total. The Kier molecular flexibility index (Phi) is 8.15. The van der Waals surface area contributed by atoms with Gasteiger partial charge >= 0.3 is 11.9 Å². The average molecular weight is 373 g/mol. The van der Waals surface area contributed by atoms with Gasteiger partial charge in [-0.2, -0.15) is 11.8 Å². The second kappa shape index (κ2) is 9.63. The smallest absolute Gasteiger partial charge is 0.334 e. The first-order valence-corrected chi connectivity index (χ1v) is 8.20. The van der Waals surface area contributed by atoms with Gasteiger partial charge in [-0.25, -0.2) is 4.79 Å². The Morgan fingerprint density at radius 2 is 1.86 bits per heavy atom. The first kappa shape index (κ1) is 17.8. The molecule has 0 saturated carbocycles. The Bertz CT molecular complexity index is 511. The van der Waals surface area contributed by atoms with Crippen molar-refractivity contribution in [2.45, 2.75) is 6.42 Å². The summed E-state index contributed by atoms with van der Waals surface area (Å²) in [5.41, 5.74) is 1.49. The van der Waals surface area contributed by atoms with Crippen LogP contribution < -0.4 is 0 Å². The number of benzene rings is 1. The largest absolute Gasteiger partial charge is 0.469 e. The quantitative estimate of drug-likeness (QED) is 0.417. The lowest BCUT2D eigenvalue weighted by atomic mass is 10.1. The van der Waals surface area contributed by atoms with E-state index in [1.807, 2.05) is 24.3 Å². The van der Waals surface area contributed by atoms with E-state index in [0.29, 0.717) is 23.5 Å². The summed E-state index contributed by atoms with van der Waals surface area (Å²) in [6.45, 7) is 0. The molecule has 0 fully saturated rings. The van der Waals surface area contributed by atoms with Crippen molar-refractivity contribution in [2.24, 2.45) is 0 Å². The molecule has 114 valence electrons. The highest BCUT2D eigenvalue weighted by Crippen LogP contribution is 2.17. The lowest BCUT2D eigenvalue weighted by molar-refractivity contribution is -0.140. The molecule has 0 spiro atoms. The number of halogens is 1. The number of carbonyl (C=O) groups is 2. The van der Waals surface area contributed by atoms with Gasteiger partial charge in [0.2, 0.25) is 0 Å². The van der Waals surface area contributed by atoms with E-state index in [1.54, 1.807) is 6.08 Å². The fourth-order valence-corrected chi connectivity index (χ4v) is 2.63. The van der Waals surface area contributed by atoms with E-state index in [1.165, 1.54) is 26.0 Å². The average Bonchev–Trinajstić information content (AvgIpc) is 2.51. The van der Waals surface area contributed by atoms with Crippen molar-refractivity contribution in [1.29, 1.82) is 0 Å². The van der Waals surface area contributed by atoms with Gasteiger partial charge < -0.3 is 9.47 Å². The number of hydrogen-bond donors (Lipinski definition) is 0. The number of esters is 2. The van der Waals surface area contributed by atoms with Gasteiger partial charge in [-0.3, -0.25) is 4.79 Å². The van der Waals surface area contributed by atoms with E-state index in [2.05, 4.69) is 20.7 Å². The highest BCUT2D eigenvalue weighted by molar-refractivity contribution is 9.10. The normalized spacial score (nSPS) is 11.1. The lowest BCUT2D eigenvalue weighted by Gasteiger charge is -2.06. The lowest BCUT2D eigenvalue weighted by Crippen LogP contribution is -2.08. The number of rotatable bonds is 7. The molecule has 0 bridgehead atoms. The molecule has 6 heteroatoms. The summed E-state index contributed by atoms with van der Waals surface area (Å²) in [5, 5.41) is 0. The van der Waals surface area contributed by atoms with Crippen molar-refractivity contribution >= 4 is 45.7 Å². The fourth-order valence-electron chi connectivity index (χ4n) is 1.49. The molecule has 0 amide bonds. The highest BCUT2D eigenvalue weighted by atomic mass is 79.9. The molecular formula is C15H17BrO4S. The van der Waals surface area contributed by atoms with Gasteiger partial charge in [-0.15, -0.1) is 0 Å². The molecule has 0 aliphatic carbocycles. The molecule has 0 atom stereocenters. The van der Waals surface area contributed by atoms with Gasteiger partial charge in [0.05, 0.1) is 20.6 Å². The van der Waals surface area contributed by atoms with Crippen LogP contribution >= 0.6 is 27.7 Å². The molecule has 1 rings (SSSR count). The van der Waals surface area contributed by atoms with Crippen LogP contribution in [-0.4, -0.2) is 37.7 Å². The molecule has 0 N–H and O–H groups in total. The van der Waals surface area contributed by atoms with Crippen LogP contribution in [0.2, 0.25) is 0 Å². The predicted molar refractivity (Wildman–Crippen MR) is 88.1 cm³/mol. The maximum atomic E-state index is 11.8. The highest BCUT2D eigenvalue weighted by Gasteiger charge is 2.10. The zero-order valence-corrected chi connectivity index (χ0v) is 14.3. The molecule has 0 heterocycles. The summed E-state index contributed by atoms with van der Waals surface area (Å²) in [7, 11) is 2.72. The summed E-state index contributed by atoms with van der Waals surface area (Å²) < 4.78 is 10.3. The predicted octanol–water partition coefficient (Wildman–Crippen LogP) is 3.30. The van der Waals surface area contributed by atoms with Crippen molar-refractivity contribution in [3.8, 4) is 0 Å². The van der Waals surface area contributed by atoms with E-state index in [0.717, 1.165) is 10.0 Å². The standard InChI is InChI=1S/C15H17BrO4S/c1-19-14(17)7-8-21-10-12(15(18)20-2)9-11-3-5-13(16)6-4-11/h3-6,9H,7-8,10H2,1-2H3/b12-9+. The topological polar surface area (TPSA) is 52.6 Å². The van der Waals surface area contributed by atoms with E-state index in [-0.39, 0.29) is 11.9 Å². The van der Waals surface area contributed by atoms with Gasteiger partial charge in [-0.1, -0.05) is 28.1 Å². The number of hydrogen-bond acceptors (Lipinski definition) is 5. The van der Waals surface area contributed by atoms with Gasteiger partial charge in [0, 0.05) is 21.6 Å². The van der Waals surface area contributed by atoms with Crippen LogP contribution in [-0.2, 0) is 19.1 Å². The van der Waals surface area contributed by atoms with Crippen LogP contribution in [0.25, 0.3) is 6.08 Å². The van der Waals surface area contributed by atoms with E-state index < -0.39 is 0 Å². The zero-order chi connectivity index (χ0) is 15.7. The Morgan fingerprint density at radius 1 is 1.19 bits per heavy atom. The van der Waals surface area contributed by atoms with Gasteiger partial charge in [0.15, 0.2) is 0 Å². The molecule has 1 aromatic carbocycles. The van der Waals surface area contributed by atoms with Crippen molar-refractivity contribution in [3.05, 3.63) is 39.9 Å². The fraction of sp³-hybridized carbons (Fsp3) is 0.333. The maximum absolute atomic E-state index is 11.8. The molecule has 0 unspecified atom stereocenters. The maximum Gasteiger partial charge on any atom is 0.334 e. The molecule has 0 aliphatic rings. The molecule has 0 aromatic heterocycles. The second-order valence-corrected chi connectivity index (χ2v) is 6.11. The number of ether oxygens (including phenoxy) is 2. The van der Waals surface area contributed by atoms with Crippen molar-refractivity contribution in [2.75, 3.05) is 25.7 Å². The van der Waals surface area contributed by atoms with Crippen LogP contribution in [0, 0.1) is 0 Å². The molecule has 0 aliphatic heterocycles. The Hall–Kier alpha value is -1.27. The van der Waals surface area contributed by atoms with Crippen LogP contribution in [0.3, 0.4) is 0 Å². The minimum absolute atomic E-state index is 0.251. The minimum atomic E-state index is -0.358. The third-order valence-electron chi connectivity index (χ3n) is 2.59. The van der Waals surface area contributed by atoms with E-state index in [9.17, 15) is 9.59 Å². The van der Waals surface area contributed by atoms with Crippen LogP contribution in [0.1, 0.15) is 12.0 Å². The third kappa shape index (κ3) is 6.82. The first-order valence-electron chi connectivity index (χ1n) is 6.26. The number of carbonyl (C=O) groups excluding carboxylic acids is 2. The summed E-state index contributed by atoms with van der Waals surface area (Å²) >= 11 is 4.86. The third-order valence-corrected chi connectivity index (χ3v) is 4.13. The minimum Gasteiger partial charge on any atom is -0.469 e. The van der Waals surface area contributed by atoms with Crippen LogP contribution in [0.4, 0.5) is 0 Å². The summed E-state index contributed by atoms with van der Waals surface area (Å²) in [4.78, 5) is 22.8. The number of thioether (sulfide) groups is 1. The Balaban J connectivity index is 2.65. The van der Waals surface area contributed by atoms with Crippen molar-refractivity contribution in [3.63, 3.8) is 0 Å². The Labute approximate surface area is 137 Å². The molecule has 21 heavy (non-hydrogen) atoms. The second-order valence-electron chi connectivity index (χ2n) is 4.09. The van der Waals surface area contributed by atoms with Gasteiger partial charge in [0.25, 0.3) is 0 Å². The Morgan fingerprint density at radius 3 is 2.43 bits per heavy atom. The summed E-state index contributed by atoms with van der Waals surface area (Å²) in [6, 6.07) is 7.63. The zero-order valence-electron chi connectivity index (χ0n) is 11.9. The molecule has 1 aromatic rings. The number of methoxy groups -OCH3 is 2. The van der Waals surface area contributed by atoms with Crippen molar-refractivity contribution in [1.82, 2.24) is 0 Å². The van der Waals surface area contributed by atoms with E-state index >= 15 is 0 Å². The SMILES string of the molecule is COC(=O)CCSC/C(=C\c1ccc(Br)cc1)C(=O)OC. The van der Waals surface area contributed by atoms with Crippen LogP contribution in [0.15, 0.2) is 34.3 Å². The van der Waals surface area contributed by atoms with Gasteiger partial charge in [0.1, 0.15) is 0 Å². The van der Waals surface area contributed by atoms with Crippen molar-refractivity contribution < 1.29 is 19.1 Å². The molecule has 0 saturated heterocycles.